The Hall–Kier alpha value is -2.65. The third kappa shape index (κ3) is 3.23. The zero-order valence-corrected chi connectivity index (χ0v) is 15.3. The Bertz CT molecular complexity index is 1060. The van der Waals surface area contributed by atoms with Gasteiger partial charge in [0.2, 0.25) is 0 Å². The molecule has 3 heteroatoms. The van der Waals surface area contributed by atoms with Crippen LogP contribution in [0.1, 0.15) is 34.3 Å². The van der Waals surface area contributed by atoms with E-state index in [0.717, 1.165) is 0 Å². The van der Waals surface area contributed by atoms with Crippen LogP contribution in [0.3, 0.4) is 0 Å². The molecule has 4 aromatic rings. The first-order valence-electron chi connectivity index (χ1n) is 8.92. The van der Waals surface area contributed by atoms with Crippen LogP contribution in [0.25, 0.3) is 21.5 Å². The topological polar surface area (TPSA) is 37.3 Å². The SMILES string of the molecule is O=C(O)c1ccsc1.c1ccc2c(c1)ccc1c3c(ccc12)CCCC3. The van der Waals surface area contributed by atoms with Crippen molar-refractivity contribution in [3.8, 4) is 0 Å². The molecule has 0 unspecified atom stereocenters. The molecule has 5 rings (SSSR count). The van der Waals surface area contributed by atoms with Gasteiger partial charge in [0, 0.05) is 5.38 Å². The Morgan fingerprint density at radius 2 is 1.65 bits per heavy atom. The van der Waals surface area contributed by atoms with Crippen molar-refractivity contribution in [2.75, 3.05) is 0 Å². The molecule has 1 aromatic heterocycles. The predicted molar refractivity (Wildman–Crippen MR) is 109 cm³/mol. The summed E-state index contributed by atoms with van der Waals surface area (Å²) < 4.78 is 0. The van der Waals surface area contributed by atoms with Crippen LogP contribution in [0.2, 0.25) is 0 Å². The van der Waals surface area contributed by atoms with Crippen LogP contribution in [-0.2, 0) is 12.8 Å². The number of carboxylic acid groups (broad SMARTS) is 1. The molecule has 0 spiro atoms. The predicted octanol–water partition coefficient (Wildman–Crippen LogP) is 6.32. The fourth-order valence-electron chi connectivity index (χ4n) is 3.73. The molecule has 0 saturated carbocycles. The van der Waals surface area contributed by atoms with Gasteiger partial charge in [-0.2, -0.15) is 11.3 Å². The molecular formula is C23H20O2S. The lowest BCUT2D eigenvalue weighted by molar-refractivity contribution is 0.0697. The number of carbonyl (C=O) groups is 1. The van der Waals surface area contributed by atoms with Gasteiger partial charge in [-0.05, 0) is 69.8 Å². The van der Waals surface area contributed by atoms with Gasteiger partial charge in [-0.25, -0.2) is 4.79 Å². The van der Waals surface area contributed by atoms with E-state index in [2.05, 4.69) is 48.5 Å². The number of rotatable bonds is 1. The number of hydrogen-bond acceptors (Lipinski definition) is 2. The van der Waals surface area contributed by atoms with Crippen LogP contribution in [0.4, 0.5) is 0 Å². The van der Waals surface area contributed by atoms with Crippen LogP contribution in [0, 0.1) is 0 Å². The van der Waals surface area contributed by atoms with Gasteiger partial charge >= 0.3 is 5.97 Å². The zero-order valence-electron chi connectivity index (χ0n) is 14.4. The number of hydrogen-bond donors (Lipinski definition) is 1. The van der Waals surface area contributed by atoms with Crippen LogP contribution < -0.4 is 0 Å². The van der Waals surface area contributed by atoms with Crippen molar-refractivity contribution in [3.63, 3.8) is 0 Å². The van der Waals surface area contributed by atoms with E-state index in [9.17, 15) is 4.79 Å². The summed E-state index contributed by atoms with van der Waals surface area (Å²) in [4.78, 5) is 10.1. The van der Waals surface area contributed by atoms with Gasteiger partial charge < -0.3 is 5.11 Å². The van der Waals surface area contributed by atoms with Crippen LogP contribution in [0.5, 0.6) is 0 Å². The number of aryl methyl sites for hydroxylation is 2. The lowest BCUT2D eigenvalue weighted by atomic mass is 9.86. The Morgan fingerprint density at radius 1 is 0.846 bits per heavy atom. The first-order valence-corrected chi connectivity index (χ1v) is 9.86. The molecule has 1 heterocycles. The Morgan fingerprint density at radius 3 is 2.42 bits per heavy atom. The summed E-state index contributed by atoms with van der Waals surface area (Å²) in [5.74, 6) is -0.855. The van der Waals surface area contributed by atoms with Crippen molar-refractivity contribution in [3.05, 3.63) is 82.0 Å². The summed E-state index contributed by atoms with van der Waals surface area (Å²) in [5, 5.41) is 17.3. The average molecular weight is 360 g/mol. The van der Waals surface area contributed by atoms with Gasteiger partial charge in [0.05, 0.1) is 5.56 Å². The van der Waals surface area contributed by atoms with Gasteiger partial charge in [-0.15, -0.1) is 0 Å². The number of carboxylic acids is 1. The molecule has 0 aliphatic heterocycles. The molecule has 0 saturated heterocycles. The molecule has 0 radical (unpaired) electrons. The maximum absolute atomic E-state index is 10.1. The fourth-order valence-corrected chi connectivity index (χ4v) is 4.36. The molecule has 130 valence electrons. The first-order chi connectivity index (χ1) is 12.7. The Balaban J connectivity index is 0.000000178. The van der Waals surface area contributed by atoms with E-state index in [1.165, 1.54) is 58.6 Å². The lowest BCUT2D eigenvalue weighted by Crippen LogP contribution is -2.02. The standard InChI is InChI=1S/C18H16.C5H4O2S/c1-3-7-15-13(5-1)9-11-18-16-8-4-2-6-14(16)10-12-17(15)18;6-5(7)4-1-2-8-3-4/h1,3,5,7,9-12H,2,4,6,8H2;1-3H,(H,6,7). The molecule has 0 amide bonds. The summed E-state index contributed by atoms with van der Waals surface area (Å²) in [5.41, 5.74) is 3.54. The zero-order chi connectivity index (χ0) is 17.9. The summed E-state index contributed by atoms with van der Waals surface area (Å²) in [6.45, 7) is 0. The van der Waals surface area contributed by atoms with Crippen molar-refractivity contribution < 1.29 is 9.90 Å². The summed E-state index contributed by atoms with van der Waals surface area (Å²) in [7, 11) is 0. The van der Waals surface area contributed by atoms with E-state index in [0.29, 0.717) is 5.56 Å². The maximum atomic E-state index is 10.1. The van der Waals surface area contributed by atoms with E-state index >= 15 is 0 Å². The average Bonchev–Trinajstić information content (AvgIpc) is 3.23. The quantitative estimate of drug-likeness (QED) is 0.403. The fraction of sp³-hybridized carbons (Fsp3) is 0.174. The van der Waals surface area contributed by atoms with Gasteiger partial charge in [0.1, 0.15) is 0 Å². The van der Waals surface area contributed by atoms with E-state index in [1.807, 2.05) is 0 Å². The summed E-state index contributed by atoms with van der Waals surface area (Å²) >= 11 is 1.39. The van der Waals surface area contributed by atoms with Gasteiger partial charge in [0.15, 0.2) is 0 Å². The highest BCUT2D eigenvalue weighted by Gasteiger charge is 2.13. The van der Waals surface area contributed by atoms with Crippen molar-refractivity contribution in [1.29, 1.82) is 0 Å². The van der Waals surface area contributed by atoms with Crippen LogP contribution in [-0.4, -0.2) is 11.1 Å². The van der Waals surface area contributed by atoms with E-state index in [4.69, 9.17) is 5.11 Å². The Kier molecular flexibility index (Phi) is 4.72. The minimum atomic E-state index is -0.855. The lowest BCUT2D eigenvalue weighted by Gasteiger charge is -2.18. The molecule has 3 aromatic carbocycles. The normalized spacial score (nSPS) is 13.1. The monoisotopic (exact) mass is 360 g/mol. The molecule has 1 N–H and O–H groups in total. The molecule has 0 fully saturated rings. The minimum absolute atomic E-state index is 0.370. The van der Waals surface area contributed by atoms with E-state index in [1.54, 1.807) is 28.0 Å². The van der Waals surface area contributed by atoms with Gasteiger partial charge in [0.25, 0.3) is 0 Å². The molecule has 2 nitrogen and oxygen atoms in total. The smallest absolute Gasteiger partial charge is 0.336 e. The number of benzene rings is 3. The third-order valence-electron chi connectivity index (χ3n) is 5.03. The molecule has 1 aliphatic carbocycles. The number of thiophene rings is 1. The van der Waals surface area contributed by atoms with E-state index < -0.39 is 5.97 Å². The molecule has 1 aliphatic rings. The number of fused-ring (bicyclic) bond motifs is 5. The molecule has 26 heavy (non-hydrogen) atoms. The van der Waals surface area contributed by atoms with Gasteiger partial charge in [-0.1, -0.05) is 48.5 Å². The summed E-state index contributed by atoms with van der Waals surface area (Å²) in [6.07, 6.45) is 5.22. The molecule has 0 bridgehead atoms. The number of aromatic carboxylic acids is 1. The highest BCUT2D eigenvalue weighted by Crippen LogP contribution is 2.33. The first kappa shape index (κ1) is 16.8. The van der Waals surface area contributed by atoms with Crippen LogP contribution in [0.15, 0.2) is 65.4 Å². The minimum Gasteiger partial charge on any atom is -0.478 e. The van der Waals surface area contributed by atoms with Gasteiger partial charge in [-0.3, -0.25) is 0 Å². The Labute approximate surface area is 156 Å². The van der Waals surface area contributed by atoms with E-state index in [-0.39, 0.29) is 0 Å². The maximum Gasteiger partial charge on any atom is 0.336 e. The highest BCUT2D eigenvalue weighted by atomic mass is 32.1. The second-order valence-corrected chi connectivity index (χ2v) is 7.39. The summed E-state index contributed by atoms with van der Waals surface area (Å²) in [6, 6.07) is 19.5. The van der Waals surface area contributed by atoms with Crippen molar-refractivity contribution >= 4 is 38.9 Å². The largest absolute Gasteiger partial charge is 0.478 e. The third-order valence-corrected chi connectivity index (χ3v) is 5.71. The second kappa shape index (κ2) is 7.30. The molecule has 0 atom stereocenters. The second-order valence-electron chi connectivity index (χ2n) is 6.61. The van der Waals surface area contributed by atoms with Crippen molar-refractivity contribution in [2.24, 2.45) is 0 Å². The van der Waals surface area contributed by atoms with Crippen molar-refractivity contribution in [1.82, 2.24) is 0 Å². The highest BCUT2D eigenvalue weighted by molar-refractivity contribution is 7.08. The van der Waals surface area contributed by atoms with Crippen molar-refractivity contribution in [2.45, 2.75) is 25.7 Å². The van der Waals surface area contributed by atoms with Crippen LogP contribution >= 0.6 is 11.3 Å². The molecular weight excluding hydrogens is 340 g/mol.